The fraction of sp³-hybridized carbons (Fsp3) is 0.222. The van der Waals surface area contributed by atoms with E-state index in [0.29, 0.717) is 24.2 Å². The van der Waals surface area contributed by atoms with Crippen molar-refractivity contribution in [2.24, 2.45) is 0 Å². The topological polar surface area (TPSA) is 102 Å². The molecule has 7 nitrogen and oxygen atoms in total. The fourth-order valence-corrected chi connectivity index (χ4v) is 3.31. The third-order valence-corrected chi connectivity index (χ3v) is 4.97. The van der Waals surface area contributed by atoms with Crippen molar-refractivity contribution in [2.75, 3.05) is 19.0 Å². The van der Waals surface area contributed by atoms with Gasteiger partial charge in [0, 0.05) is 17.8 Å². The summed E-state index contributed by atoms with van der Waals surface area (Å²) < 4.78 is 31.4. The molecule has 0 atom stereocenters. The highest BCUT2D eigenvalue weighted by atomic mass is 32.2. The molecule has 0 saturated heterocycles. The molecule has 0 aliphatic carbocycles. The molecule has 2 N–H and O–H groups in total. The summed E-state index contributed by atoms with van der Waals surface area (Å²) in [7, 11) is -2.36. The maximum absolute atomic E-state index is 12.4. The second-order valence-corrected chi connectivity index (χ2v) is 7.22. The number of anilines is 1. The van der Waals surface area contributed by atoms with Gasteiger partial charge in [-0.25, -0.2) is 17.9 Å². The Morgan fingerprint density at radius 3 is 2.35 bits per heavy atom. The molecule has 0 bridgehead atoms. The van der Waals surface area contributed by atoms with Crippen LogP contribution >= 0.6 is 0 Å². The van der Waals surface area contributed by atoms with E-state index in [1.54, 1.807) is 12.1 Å². The fourth-order valence-electron chi connectivity index (χ4n) is 2.14. The van der Waals surface area contributed by atoms with E-state index in [2.05, 4.69) is 14.8 Å². The maximum atomic E-state index is 12.4. The molecule has 0 saturated carbocycles. The molecule has 0 aliphatic heterocycles. The van der Waals surface area contributed by atoms with Gasteiger partial charge in [-0.2, -0.15) is 0 Å². The van der Waals surface area contributed by atoms with Crippen LogP contribution in [0, 0.1) is 0 Å². The summed E-state index contributed by atoms with van der Waals surface area (Å²) in [5.74, 6) is -0.927. The van der Waals surface area contributed by atoms with Crippen LogP contribution in [0.15, 0.2) is 53.4 Å². The van der Waals surface area contributed by atoms with E-state index in [4.69, 9.17) is 0 Å². The Labute approximate surface area is 152 Å². The Bertz CT molecular complexity index is 892. The van der Waals surface area contributed by atoms with Crippen molar-refractivity contribution in [1.82, 2.24) is 4.72 Å². The van der Waals surface area contributed by atoms with Gasteiger partial charge in [0.25, 0.3) is 5.91 Å². The van der Waals surface area contributed by atoms with Gasteiger partial charge in [0.2, 0.25) is 10.0 Å². The molecule has 0 fully saturated rings. The van der Waals surface area contributed by atoms with Crippen LogP contribution in [0.2, 0.25) is 0 Å². The van der Waals surface area contributed by atoms with E-state index >= 15 is 0 Å². The van der Waals surface area contributed by atoms with Crippen LogP contribution in [-0.2, 0) is 14.8 Å². The minimum atomic E-state index is -3.65. The van der Waals surface area contributed by atoms with Crippen molar-refractivity contribution < 1.29 is 22.7 Å². The summed E-state index contributed by atoms with van der Waals surface area (Å²) in [4.78, 5) is 23.8. The third kappa shape index (κ3) is 4.90. The summed E-state index contributed by atoms with van der Waals surface area (Å²) in [5, 5.41) is 2.66. The third-order valence-electron chi connectivity index (χ3n) is 3.51. The van der Waals surface area contributed by atoms with Crippen molar-refractivity contribution in [2.45, 2.75) is 18.2 Å². The van der Waals surface area contributed by atoms with Gasteiger partial charge in [0.1, 0.15) is 0 Å². The van der Waals surface area contributed by atoms with Crippen molar-refractivity contribution in [3.63, 3.8) is 0 Å². The normalized spacial score (nSPS) is 11.0. The van der Waals surface area contributed by atoms with Crippen LogP contribution < -0.4 is 10.0 Å². The number of ether oxygens (including phenoxy) is 1. The van der Waals surface area contributed by atoms with Crippen molar-refractivity contribution in [3.05, 3.63) is 59.7 Å². The molecule has 2 aromatic rings. The lowest BCUT2D eigenvalue weighted by molar-refractivity contribution is 0.0600. The number of carbonyl (C=O) groups is 2. The summed E-state index contributed by atoms with van der Waals surface area (Å²) >= 11 is 0. The molecule has 1 amide bonds. The van der Waals surface area contributed by atoms with Gasteiger partial charge in [0.15, 0.2) is 0 Å². The Hall–Kier alpha value is -2.71. The molecule has 0 spiro atoms. The highest BCUT2D eigenvalue weighted by Gasteiger charge is 2.16. The predicted octanol–water partition coefficient (Wildman–Crippen LogP) is 2.41. The van der Waals surface area contributed by atoms with E-state index in [-0.39, 0.29) is 10.5 Å². The SMILES string of the molecule is CCCNS(=O)(=O)c1cccc(C(=O)Nc2ccc(C(=O)OC)cc2)c1. The number of hydrogen-bond acceptors (Lipinski definition) is 5. The van der Waals surface area contributed by atoms with Gasteiger partial charge in [0.05, 0.1) is 17.6 Å². The zero-order valence-electron chi connectivity index (χ0n) is 14.5. The summed E-state index contributed by atoms with van der Waals surface area (Å²) in [6.45, 7) is 2.18. The summed E-state index contributed by atoms with van der Waals surface area (Å²) in [5.41, 5.74) is 1.04. The van der Waals surface area contributed by atoms with Crippen LogP contribution in [0.4, 0.5) is 5.69 Å². The zero-order chi connectivity index (χ0) is 19.2. The van der Waals surface area contributed by atoms with Crippen LogP contribution in [-0.4, -0.2) is 33.9 Å². The molecule has 0 heterocycles. The molecular weight excluding hydrogens is 356 g/mol. The van der Waals surface area contributed by atoms with Crippen LogP contribution in [0.25, 0.3) is 0 Å². The van der Waals surface area contributed by atoms with Crippen molar-refractivity contribution >= 4 is 27.6 Å². The van der Waals surface area contributed by atoms with Gasteiger partial charge < -0.3 is 10.1 Å². The molecule has 2 aromatic carbocycles. The van der Waals surface area contributed by atoms with Gasteiger partial charge in [-0.05, 0) is 48.9 Å². The quantitative estimate of drug-likeness (QED) is 0.723. The first-order chi connectivity index (χ1) is 12.4. The van der Waals surface area contributed by atoms with Gasteiger partial charge in [-0.15, -0.1) is 0 Å². The molecule has 8 heteroatoms. The molecule has 2 rings (SSSR count). The Balaban J connectivity index is 2.15. The number of hydrogen-bond donors (Lipinski definition) is 2. The van der Waals surface area contributed by atoms with E-state index in [9.17, 15) is 18.0 Å². The minimum absolute atomic E-state index is 0.0274. The van der Waals surface area contributed by atoms with E-state index in [0.717, 1.165) is 0 Å². The molecule has 0 radical (unpaired) electrons. The Morgan fingerprint density at radius 2 is 1.73 bits per heavy atom. The van der Waals surface area contributed by atoms with E-state index in [1.807, 2.05) is 6.92 Å². The van der Waals surface area contributed by atoms with E-state index < -0.39 is 21.9 Å². The highest BCUT2D eigenvalue weighted by molar-refractivity contribution is 7.89. The number of carbonyl (C=O) groups excluding carboxylic acids is 2. The molecule has 26 heavy (non-hydrogen) atoms. The van der Waals surface area contributed by atoms with Crippen LogP contribution in [0.3, 0.4) is 0 Å². The second-order valence-electron chi connectivity index (χ2n) is 5.45. The number of sulfonamides is 1. The van der Waals surface area contributed by atoms with Crippen LogP contribution in [0.1, 0.15) is 34.1 Å². The largest absolute Gasteiger partial charge is 0.465 e. The first-order valence-corrected chi connectivity index (χ1v) is 9.45. The number of methoxy groups -OCH3 is 1. The maximum Gasteiger partial charge on any atom is 0.337 e. The minimum Gasteiger partial charge on any atom is -0.465 e. The summed E-state index contributed by atoms with van der Waals surface area (Å²) in [6.07, 6.45) is 0.668. The van der Waals surface area contributed by atoms with Gasteiger partial charge in [-0.1, -0.05) is 13.0 Å². The number of amides is 1. The lowest BCUT2D eigenvalue weighted by atomic mass is 10.2. The number of nitrogens with one attached hydrogen (secondary N) is 2. The first kappa shape index (κ1) is 19.6. The smallest absolute Gasteiger partial charge is 0.337 e. The van der Waals surface area contributed by atoms with Gasteiger partial charge in [-0.3, -0.25) is 4.79 Å². The lowest BCUT2D eigenvalue weighted by Crippen LogP contribution is -2.24. The van der Waals surface area contributed by atoms with Crippen molar-refractivity contribution in [1.29, 1.82) is 0 Å². The molecular formula is C18H20N2O5S. The predicted molar refractivity (Wildman–Crippen MR) is 97.7 cm³/mol. The number of rotatable bonds is 7. The Morgan fingerprint density at radius 1 is 1.04 bits per heavy atom. The monoisotopic (exact) mass is 376 g/mol. The van der Waals surface area contributed by atoms with Crippen LogP contribution in [0.5, 0.6) is 0 Å². The molecule has 138 valence electrons. The highest BCUT2D eigenvalue weighted by Crippen LogP contribution is 2.15. The molecule has 0 aromatic heterocycles. The Kier molecular flexibility index (Phi) is 6.48. The first-order valence-electron chi connectivity index (χ1n) is 7.97. The lowest BCUT2D eigenvalue weighted by Gasteiger charge is -2.09. The van der Waals surface area contributed by atoms with Crippen molar-refractivity contribution in [3.8, 4) is 0 Å². The number of esters is 1. The average molecular weight is 376 g/mol. The second kappa shape index (κ2) is 8.59. The zero-order valence-corrected chi connectivity index (χ0v) is 15.3. The molecule has 0 aliphatic rings. The van der Waals surface area contributed by atoms with Gasteiger partial charge >= 0.3 is 5.97 Å². The standard InChI is InChI=1S/C18H20N2O5S/c1-3-11-19-26(23,24)16-6-4-5-14(12-16)17(21)20-15-9-7-13(8-10-15)18(22)25-2/h4-10,12,19H,3,11H2,1-2H3,(H,20,21). The molecule has 0 unspecified atom stereocenters. The average Bonchev–Trinajstić information content (AvgIpc) is 2.66. The van der Waals surface area contributed by atoms with E-state index in [1.165, 1.54) is 43.5 Å². The summed E-state index contributed by atoms with van der Waals surface area (Å²) in [6, 6.07) is 12.0. The number of benzene rings is 2.